The van der Waals surface area contributed by atoms with E-state index in [1.165, 1.54) is 0 Å². The fourth-order valence-corrected chi connectivity index (χ4v) is 2.15. The van der Waals surface area contributed by atoms with Gasteiger partial charge < -0.3 is 10.1 Å². The number of hydrogen-bond acceptors (Lipinski definition) is 4. The van der Waals surface area contributed by atoms with Crippen molar-refractivity contribution in [2.24, 2.45) is 0 Å². The molecule has 0 unspecified atom stereocenters. The highest BCUT2D eigenvalue weighted by molar-refractivity contribution is 5.81. The van der Waals surface area contributed by atoms with Crippen molar-refractivity contribution < 1.29 is 4.74 Å². The van der Waals surface area contributed by atoms with Crippen molar-refractivity contribution in [3.8, 4) is 11.8 Å². The molecule has 0 aliphatic carbocycles. The lowest BCUT2D eigenvalue weighted by atomic mass is 10.2. The molecule has 0 bridgehead atoms. The molecule has 0 fully saturated rings. The molecule has 5 nitrogen and oxygen atoms in total. The van der Waals surface area contributed by atoms with Gasteiger partial charge in [-0.3, -0.25) is 5.10 Å². The van der Waals surface area contributed by atoms with E-state index in [4.69, 9.17) is 10.00 Å². The summed E-state index contributed by atoms with van der Waals surface area (Å²) in [7, 11) is 0. The summed E-state index contributed by atoms with van der Waals surface area (Å²) in [6.07, 6.45) is 1.80. The van der Waals surface area contributed by atoms with Gasteiger partial charge in [-0.15, -0.1) is 0 Å². The Balaban J connectivity index is 1.73. The Hall–Kier alpha value is -3.00. The third kappa shape index (κ3) is 2.95. The zero-order chi connectivity index (χ0) is 14.5. The first kappa shape index (κ1) is 13.0. The standard InChI is InChI=1S/C16H14N4O/c17-7-8-21-16-4-2-1-3-12(16)10-18-14-5-6-15-13(9-14)11-19-20-15/h1-6,9,11,18H,8,10H2,(H,19,20). The van der Waals surface area contributed by atoms with E-state index in [-0.39, 0.29) is 6.61 Å². The van der Waals surface area contributed by atoms with Crippen molar-refractivity contribution in [3.63, 3.8) is 0 Å². The lowest BCUT2D eigenvalue weighted by molar-refractivity contribution is 0.364. The van der Waals surface area contributed by atoms with E-state index in [0.29, 0.717) is 6.54 Å². The number of benzene rings is 2. The molecule has 3 rings (SSSR count). The maximum atomic E-state index is 8.61. The van der Waals surface area contributed by atoms with Crippen LogP contribution in [0.5, 0.6) is 5.75 Å². The average Bonchev–Trinajstić information content (AvgIpc) is 2.99. The second-order valence-electron chi connectivity index (χ2n) is 4.58. The van der Waals surface area contributed by atoms with E-state index in [1.807, 2.05) is 48.5 Å². The second kappa shape index (κ2) is 5.97. The van der Waals surface area contributed by atoms with Crippen LogP contribution in [-0.4, -0.2) is 16.8 Å². The largest absolute Gasteiger partial charge is 0.478 e. The van der Waals surface area contributed by atoms with E-state index in [9.17, 15) is 0 Å². The molecule has 0 aliphatic rings. The van der Waals surface area contributed by atoms with E-state index < -0.39 is 0 Å². The van der Waals surface area contributed by atoms with Gasteiger partial charge in [0.05, 0.1) is 11.7 Å². The van der Waals surface area contributed by atoms with Gasteiger partial charge in [-0.05, 0) is 24.3 Å². The first-order valence-corrected chi connectivity index (χ1v) is 6.61. The lowest BCUT2D eigenvalue weighted by Crippen LogP contribution is -2.03. The number of aromatic nitrogens is 2. The SMILES string of the molecule is N#CCOc1ccccc1CNc1ccc2[nH]ncc2c1. The van der Waals surface area contributed by atoms with Gasteiger partial charge in [-0.2, -0.15) is 10.4 Å². The first-order valence-electron chi connectivity index (χ1n) is 6.61. The van der Waals surface area contributed by atoms with Crippen LogP contribution in [0.4, 0.5) is 5.69 Å². The summed E-state index contributed by atoms with van der Waals surface area (Å²) in [5.74, 6) is 0.732. The van der Waals surface area contributed by atoms with E-state index >= 15 is 0 Å². The van der Waals surface area contributed by atoms with Crippen LogP contribution in [0.1, 0.15) is 5.56 Å². The quantitative estimate of drug-likeness (QED) is 0.752. The summed E-state index contributed by atoms with van der Waals surface area (Å²) in [4.78, 5) is 0. The Labute approximate surface area is 122 Å². The number of fused-ring (bicyclic) bond motifs is 1. The third-order valence-corrected chi connectivity index (χ3v) is 3.19. The van der Waals surface area contributed by atoms with Crippen LogP contribution in [0, 0.1) is 11.3 Å². The van der Waals surface area contributed by atoms with Crippen LogP contribution in [0.2, 0.25) is 0 Å². The zero-order valence-electron chi connectivity index (χ0n) is 11.3. The number of nitriles is 1. The highest BCUT2D eigenvalue weighted by Crippen LogP contribution is 2.21. The maximum Gasteiger partial charge on any atom is 0.174 e. The van der Waals surface area contributed by atoms with Crippen LogP contribution in [0.15, 0.2) is 48.7 Å². The minimum Gasteiger partial charge on any atom is -0.478 e. The van der Waals surface area contributed by atoms with Crippen LogP contribution in [0.3, 0.4) is 0 Å². The number of rotatable bonds is 5. The van der Waals surface area contributed by atoms with Crippen molar-refractivity contribution in [3.05, 3.63) is 54.2 Å². The zero-order valence-corrected chi connectivity index (χ0v) is 11.3. The summed E-state index contributed by atoms with van der Waals surface area (Å²) < 4.78 is 5.42. The molecule has 0 radical (unpaired) electrons. The van der Waals surface area contributed by atoms with Crippen LogP contribution in [0.25, 0.3) is 10.9 Å². The third-order valence-electron chi connectivity index (χ3n) is 3.19. The summed E-state index contributed by atoms with van der Waals surface area (Å²) in [6.45, 7) is 0.683. The number of ether oxygens (including phenoxy) is 1. The number of nitrogens with one attached hydrogen (secondary N) is 2. The van der Waals surface area contributed by atoms with Crippen LogP contribution >= 0.6 is 0 Å². The summed E-state index contributed by atoms with van der Waals surface area (Å²) >= 11 is 0. The molecule has 0 aliphatic heterocycles. The Morgan fingerprint density at radius 2 is 2.14 bits per heavy atom. The molecule has 1 aromatic heterocycles. The first-order chi connectivity index (χ1) is 10.4. The minimum atomic E-state index is 0.0536. The number of nitrogens with zero attached hydrogens (tertiary/aromatic N) is 2. The Morgan fingerprint density at radius 1 is 1.24 bits per heavy atom. The fraction of sp³-hybridized carbons (Fsp3) is 0.125. The number of hydrogen-bond donors (Lipinski definition) is 2. The average molecular weight is 278 g/mol. The molecule has 21 heavy (non-hydrogen) atoms. The lowest BCUT2D eigenvalue weighted by Gasteiger charge is -2.11. The van der Waals surface area contributed by atoms with Gasteiger partial charge in [0.25, 0.3) is 0 Å². The fourth-order valence-electron chi connectivity index (χ4n) is 2.15. The van der Waals surface area contributed by atoms with Gasteiger partial charge in [-0.25, -0.2) is 0 Å². The maximum absolute atomic E-state index is 8.61. The molecular weight excluding hydrogens is 264 g/mol. The van der Waals surface area contributed by atoms with Gasteiger partial charge >= 0.3 is 0 Å². The molecule has 2 aromatic carbocycles. The van der Waals surface area contributed by atoms with Gasteiger partial charge in [-0.1, -0.05) is 18.2 Å². The van der Waals surface area contributed by atoms with Crippen molar-refractivity contribution >= 4 is 16.6 Å². The van der Waals surface area contributed by atoms with Gasteiger partial charge in [0.15, 0.2) is 6.61 Å². The number of aromatic amines is 1. The van der Waals surface area contributed by atoms with Gasteiger partial charge in [0.2, 0.25) is 0 Å². The molecular formula is C16H14N4O. The van der Waals surface area contributed by atoms with Crippen molar-refractivity contribution in [1.29, 1.82) is 5.26 Å². The normalized spacial score (nSPS) is 10.2. The van der Waals surface area contributed by atoms with Gasteiger partial charge in [0.1, 0.15) is 11.8 Å². The van der Waals surface area contributed by atoms with Crippen molar-refractivity contribution in [2.45, 2.75) is 6.54 Å². The number of H-pyrrole nitrogens is 1. The molecule has 0 spiro atoms. The van der Waals surface area contributed by atoms with Crippen molar-refractivity contribution in [2.75, 3.05) is 11.9 Å². The molecule has 0 saturated carbocycles. The smallest absolute Gasteiger partial charge is 0.174 e. The topological polar surface area (TPSA) is 73.7 Å². The molecule has 1 heterocycles. The predicted molar refractivity (Wildman–Crippen MR) is 81.0 cm³/mol. The molecule has 3 aromatic rings. The Morgan fingerprint density at radius 3 is 3.05 bits per heavy atom. The Bertz CT molecular complexity index is 788. The highest BCUT2D eigenvalue weighted by atomic mass is 16.5. The summed E-state index contributed by atoms with van der Waals surface area (Å²) in [5, 5.41) is 20.0. The molecule has 2 N–H and O–H groups in total. The monoisotopic (exact) mass is 278 g/mol. The van der Waals surface area contributed by atoms with Crippen LogP contribution < -0.4 is 10.1 Å². The van der Waals surface area contributed by atoms with Gasteiger partial charge in [0, 0.05) is 23.2 Å². The Kier molecular flexibility index (Phi) is 3.70. The molecule has 104 valence electrons. The summed E-state index contributed by atoms with van der Waals surface area (Å²) in [5.41, 5.74) is 3.04. The number of para-hydroxylation sites is 1. The molecule has 0 amide bonds. The van der Waals surface area contributed by atoms with E-state index in [0.717, 1.165) is 27.9 Å². The highest BCUT2D eigenvalue weighted by Gasteiger charge is 2.03. The number of anilines is 1. The van der Waals surface area contributed by atoms with E-state index in [1.54, 1.807) is 6.20 Å². The second-order valence-corrected chi connectivity index (χ2v) is 4.58. The molecule has 5 heteroatoms. The van der Waals surface area contributed by atoms with Crippen molar-refractivity contribution in [1.82, 2.24) is 10.2 Å². The molecule has 0 atom stereocenters. The molecule has 0 saturated heterocycles. The predicted octanol–water partition coefficient (Wildman–Crippen LogP) is 3.08. The van der Waals surface area contributed by atoms with E-state index in [2.05, 4.69) is 15.5 Å². The van der Waals surface area contributed by atoms with Crippen LogP contribution in [-0.2, 0) is 6.54 Å². The summed E-state index contributed by atoms with van der Waals surface area (Å²) in [6, 6.07) is 15.7. The minimum absolute atomic E-state index is 0.0536.